The number of hydrogen-bond donors (Lipinski definition) is 2. The van der Waals surface area contributed by atoms with Crippen LogP contribution < -0.4 is 5.32 Å². The quantitative estimate of drug-likeness (QED) is 0.569. The Labute approximate surface area is 198 Å². The van der Waals surface area contributed by atoms with Crippen molar-refractivity contribution in [1.29, 1.82) is 0 Å². The van der Waals surface area contributed by atoms with E-state index in [2.05, 4.69) is 25.3 Å². The number of ether oxygens (including phenoxy) is 1. The lowest BCUT2D eigenvalue weighted by molar-refractivity contribution is -0.141. The smallest absolute Gasteiger partial charge is 0.389 e. The summed E-state index contributed by atoms with van der Waals surface area (Å²) in [7, 11) is 1.42. The van der Waals surface area contributed by atoms with E-state index in [0.29, 0.717) is 23.8 Å². The van der Waals surface area contributed by atoms with Crippen LogP contribution in [0.15, 0.2) is 24.4 Å². The molecule has 2 saturated heterocycles. The maximum Gasteiger partial charge on any atom is 0.435 e. The predicted octanol–water partition coefficient (Wildman–Crippen LogP) is 3.72. The molecule has 1 aromatic carbocycles. The number of hydrogen-bond acceptors (Lipinski definition) is 7. The van der Waals surface area contributed by atoms with Crippen LogP contribution in [0.5, 0.6) is 0 Å². The Morgan fingerprint density at radius 1 is 1.18 bits per heavy atom. The molecule has 0 radical (unpaired) electrons. The molecule has 2 aromatic heterocycles. The second kappa shape index (κ2) is 8.95. The Bertz CT molecular complexity index is 1200. The van der Waals surface area contributed by atoms with Gasteiger partial charge in [0.15, 0.2) is 5.69 Å². The molecule has 0 saturated carbocycles. The lowest BCUT2D eigenvalue weighted by Gasteiger charge is -2.36. The zero-order valence-corrected chi connectivity index (χ0v) is 19.1. The average molecular weight is 497 g/mol. The van der Waals surface area contributed by atoms with Crippen molar-refractivity contribution < 1.29 is 23.0 Å². The SMILES string of the molecule is Cn1nc(C(F)(F)F)cc1Nc1ncc2cc(Cl)c(C3CCN([C@@H]4COC[C@@H]4O)CC3)cc2n1. The van der Waals surface area contributed by atoms with Crippen LogP contribution in [0.2, 0.25) is 5.02 Å². The van der Waals surface area contributed by atoms with E-state index in [4.69, 9.17) is 16.3 Å². The third-order valence-corrected chi connectivity index (χ3v) is 6.90. The number of aliphatic hydroxyl groups is 1. The lowest BCUT2D eigenvalue weighted by atomic mass is 9.88. The number of piperidine rings is 1. The Morgan fingerprint density at radius 3 is 2.59 bits per heavy atom. The van der Waals surface area contributed by atoms with Crippen molar-refractivity contribution in [3.63, 3.8) is 0 Å². The molecule has 0 spiro atoms. The van der Waals surface area contributed by atoms with Gasteiger partial charge in [0.05, 0.1) is 30.9 Å². The molecular weight excluding hydrogens is 473 g/mol. The molecule has 2 fully saturated rings. The first kappa shape index (κ1) is 23.3. The fourth-order valence-corrected chi connectivity index (χ4v) is 5.03. The van der Waals surface area contributed by atoms with Gasteiger partial charge in [-0.3, -0.25) is 9.58 Å². The number of benzene rings is 1. The van der Waals surface area contributed by atoms with E-state index in [-0.39, 0.29) is 23.7 Å². The van der Waals surface area contributed by atoms with Gasteiger partial charge in [0.1, 0.15) is 5.82 Å². The second-order valence-corrected chi connectivity index (χ2v) is 9.18. The third kappa shape index (κ3) is 4.57. The van der Waals surface area contributed by atoms with Gasteiger partial charge in [0.2, 0.25) is 5.95 Å². The molecule has 12 heteroatoms. The molecule has 34 heavy (non-hydrogen) atoms. The summed E-state index contributed by atoms with van der Waals surface area (Å²) in [5.41, 5.74) is 0.647. The fourth-order valence-electron chi connectivity index (χ4n) is 4.70. The van der Waals surface area contributed by atoms with Crippen LogP contribution in [-0.4, -0.2) is 68.2 Å². The van der Waals surface area contributed by atoms with Crippen molar-refractivity contribution in [2.45, 2.75) is 37.1 Å². The molecular formula is C22H24ClF3N6O2. The number of aromatic nitrogens is 4. The van der Waals surface area contributed by atoms with Crippen LogP contribution in [0.1, 0.15) is 30.0 Å². The second-order valence-electron chi connectivity index (χ2n) is 8.77. The summed E-state index contributed by atoms with van der Waals surface area (Å²) in [4.78, 5) is 11.0. The van der Waals surface area contributed by atoms with Crippen molar-refractivity contribution >= 4 is 34.3 Å². The zero-order valence-electron chi connectivity index (χ0n) is 18.4. The number of fused-ring (bicyclic) bond motifs is 1. The molecule has 2 aliphatic rings. The van der Waals surface area contributed by atoms with Gasteiger partial charge in [-0.25, -0.2) is 9.97 Å². The average Bonchev–Trinajstić information content (AvgIpc) is 3.39. The number of nitrogens with one attached hydrogen (secondary N) is 1. The number of aliphatic hydroxyl groups excluding tert-OH is 1. The maximum atomic E-state index is 12.9. The summed E-state index contributed by atoms with van der Waals surface area (Å²) in [6, 6.07) is 4.71. The first-order valence-corrected chi connectivity index (χ1v) is 11.4. The zero-order chi connectivity index (χ0) is 24.0. The minimum Gasteiger partial charge on any atom is -0.389 e. The van der Waals surface area contributed by atoms with E-state index in [1.807, 2.05) is 12.1 Å². The number of nitrogens with zero attached hydrogens (tertiary/aromatic N) is 5. The van der Waals surface area contributed by atoms with Gasteiger partial charge in [-0.15, -0.1) is 0 Å². The Hall–Kier alpha value is -2.47. The summed E-state index contributed by atoms with van der Waals surface area (Å²) in [6.07, 6.45) is -1.62. The topological polar surface area (TPSA) is 88.3 Å². The highest BCUT2D eigenvalue weighted by molar-refractivity contribution is 6.32. The largest absolute Gasteiger partial charge is 0.435 e. The molecule has 2 N–H and O–H groups in total. The summed E-state index contributed by atoms with van der Waals surface area (Å²) in [5.74, 6) is 0.541. The van der Waals surface area contributed by atoms with Gasteiger partial charge in [0, 0.05) is 29.7 Å². The molecule has 0 amide bonds. The molecule has 2 atom stereocenters. The minimum atomic E-state index is -4.54. The van der Waals surface area contributed by atoms with Crippen molar-refractivity contribution in [3.05, 3.63) is 40.7 Å². The molecule has 4 heterocycles. The van der Waals surface area contributed by atoms with Gasteiger partial charge in [0.25, 0.3) is 0 Å². The first-order valence-electron chi connectivity index (χ1n) is 11.0. The van der Waals surface area contributed by atoms with E-state index >= 15 is 0 Å². The summed E-state index contributed by atoms with van der Waals surface area (Å²) < 4.78 is 45.3. The number of halogens is 4. The molecule has 0 aliphatic carbocycles. The van der Waals surface area contributed by atoms with Crippen molar-refractivity contribution in [2.75, 3.05) is 31.6 Å². The van der Waals surface area contributed by atoms with E-state index < -0.39 is 18.0 Å². The fraction of sp³-hybridized carbons (Fsp3) is 0.500. The van der Waals surface area contributed by atoms with E-state index in [9.17, 15) is 18.3 Å². The van der Waals surface area contributed by atoms with Gasteiger partial charge in [-0.1, -0.05) is 11.6 Å². The normalized spacial score (nSPS) is 22.5. The Morgan fingerprint density at radius 2 is 1.94 bits per heavy atom. The van der Waals surface area contributed by atoms with Crippen molar-refractivity contribution in [2.24, 2.45) is 7.05 Å². The third-order valence-electron chi connectivity index (χ3n) is 6.57. The van der Waals surface area contributed by atoms with Crippen molar-refractivity contribution in [1.82, 2.24) is 24.6 Å². The van der Waals surface area contributed by atoms with Gasteiger partial charge < -0.3 is 15.2 Å². The number of likely N-dealkylation sites (tertiary alicyclic amines) is 1. The predicted molar refractivity (Wildman–Crippen MR) is 120 cm³/mol. The summed E-state index contributed by atoms with van der Waals surface area (Å²) in [6.45, 7) is 2.61. The summed E-state index contributed by atoms with van der Waals surface area (Å²) >= 11 is 6.60. The van der Waals surface area contributed by atoms with Gasteiger partial charge in [-0.2, -0.15) is 18.3 Å². The highest BCUT2D eigenvalue weighted by Gasteiger charge is 2.35. The van der Waals surface area contributed by atoms with Gasteiger partial charge in [-0.05, 0) is 49.5 Å². The van der Waals surface area contributed by atoms with Crippen molar-refractivity contribution in [3.8, 4) is 0 Å². The molecule has 0 bridgehead atoms. The Kier molecular flexibility index (Phi) is 6.13. The van der Waals surface area contributed by atoms with Crippen LogP contribution in [0.4, 0.5) is 24.9 Å². The maximum absolute atomic E-state index is 12.9. The highest BCUT2D eigenvalue weighted by Crippen LogP contribution is 2.36. The molecule has 3 aromatic rings. The summed E-state index contributed by atoms with van der Waals surface area (Å²) in [5, 5.41) is 17.8. The molecule has 5 rings (SSSR count). The van der Waals surface area contributed by atoms with E-state index in [1.54, 1.807) is 6.20 Å². The van der Waals surface area contributed by atoms with Crippen LogP contribution in [0.3, 0.4) is 0 Å². The van der Waals surface area contributed by atoms with E-state index in [0.717, 1.165) is 47.6 Å². The first-order chi connectivity index (χ1) is 16.2. The molecule has 2 aliphatic heterocycles. The minimum absolute atomic E-state index is 0.0410. The number of alkyl halides is 3. The van der Waals surface area contributed by atoms with Gasteiger partial charge >= 0.3 is 6.18 Å². The molecule has 0 unspecified atom stereocenters. The standard InChI is InChI=1S/C22H24ClF3N6O2/c1-31-20(8-19(30-31)22(24,25)26)29-21-27-9-13-6-15(23)14(7-16(13)28-21)12-2-4-32(5-3-12)17-10-34-11-18(17)33/h6-9,12,17-18,33H,2-5,10-11H2,1H3,(H,27,28,29)/t17-,18+/m1/s1. The highest BCUT2D eigenvalue weighted by atomic mass is 35.5. The van der Waals surface area contributed by atoms with Crippen LogP contribution >= 0.6 is 11.6 Å². The van der Waals surface area contributed by atoms with E-state index in [1.165, 1.54) is 7.05 Å². The molecule has 182 valence electrons. The lowest BCUT2D eigenvalue weighted by Crippen LogP contribution is -2.46. The number of aryl methyl sites for hydroxylation is 1. The number of anilines is 2. The monoisotopic (exact) mass is 496 g/mol. The van der Waals surface area contributed by atoms with Crippen LogP contribution in [-0.2, 0) is 18.0 Å². The van der Waals surface area contributed by atoms with Crippen LogP contribution in [0, 0.1) is 0 Å². The van der Waals surface area contributed by atoms with Crippen LogP contribution in [0.25, 0.3) is 10.9 Å². The number of rotatable bonds is 4. The Balaban J connectivity index is 1.35. The molecule has 8 nitrogen and oxygen atoms in total.